The van der Waals surface area contributed by atoms with Crippen LogP contribution in [-0.4, -0.2) is 36.4 Å². The van der Waals surface area contributed by atoms with Gasteiger partial charge in [0.25, 0.3) is 5.91 Å². The lowest BCUT2D eigenvalue weighted by Crippen LogP contribution is -2.24. The van der Waals surface area contributed by atoms with Gasteiger partial charge in [0.2, 0.25) is 0 Å². The van der Waals surface area contributed by atoms with Gasteiger partial charge in [0, 0.05) is 0 Å². The normalized spacial score (nSPS) is 10.4. The maximum atomic E-state index is 11.7. The Morgan fingerprint density at radius 1 is 1.08 bits per heavy atom. The maximum absolute atomic E-state index is 11.7. The molecule has 0 unspecified atom stereocenters. The Balaban J connectivity index is 1.77. The molecule has 2 aromatic carbocycles. The molecule has 0 atom stereocenters. The Labute approximate surface area is 148 Å². The van der Waals surface area contributed by atoms with Crippen LogP contribution in [0.1, 0.15) is 5.56 Å². The van der Waals surface area contributed by atoms with E-state index < -0.39 is 18.5 Å². The monoisotopic (exact) mass is 362 g/mol. The summed E-state index contributed by atoms with van der Waals surface area (Å²) in [6.45, 7) is -0.627. The molecule has 2 rings (SSSR count). The fourth-order valence-electron chi connectivity index (χ4n) is 1.71. The van der Waals surface area contributed by atoms with Crippen LogP contribution in [0.25, 0.3) is 0 Å². The van der Waals surface area contributed by atoms with Gasteiger partial charge in [-0.3, -0.25) is 4.79 Å². The van der Waals surface area contributed by atoms with E-state index >= 15 is 0 Å². The smallest absolute Gasteiger partial charge is 0.341 e. The Hall–Kier alpha value is -3.06. The predicted molar refractivity (Wildman–Crippen MR) is 92.3 cm³/mol. The average Bonchev–Trinajstić information content (AvgIpc) is 2.60. The molecule has 2 aromatic rings. The van der Waals surface area contributed by atoms with E-state index in [4.69, 9.17) is 26.2 Å². The SMILES string of the molecule is O=C(O)COc1ccc(C=NNC(=O)COc2ccccc2Cl)cc1. The van der Waals surface area contributed by atoms with Crippen LogP contribution in [0.4, 0.5) is 0 Å². The van der Waals surface area contributed by atoms with Crippen molar-refractivity contribution in [3.8, 4) is 11.5 Å². The van der Waals surface area contributed by atoms with Crippen molar-refractivity contribution in [1.82, 2.24) is 5.43 Å². The largest absolute Gasteiger partial charge is 0.482 e. The quantitative estimate of drug-likeness (QED) is 0.555. The molecule has 2 N–H and O–H groups in total. The predicted octanol–water partition coefficient (Wildman–Crippen LogP) is 2.33. The molecule has 0 bridgehead atoms. The minimum atomic E-state index is -1.05. The zero-order valence-electron chi connectivity index (χ0n) is 13.0. The summed E-state index contributed by atoms with van der Waals surface area (Å²) in [6, 6.07) is 13.4. The third-order valence-corrected chi connectivity index (χ3v) is 3.15. The number of para-hydroxylation sites is 1. The standard InChI is InChI=1S/C17H15ClN2O5/c18-14-3-1-2-4-15(14)25-10-16(21)20-19-9-12-5-7-13(8-6-12)24-11-17(22)23/h1-9H,10-11H2,(H,20,21)(H,22,23). The Kier molecular flexibility index (Phi) is 6.79. The molecule has 130 valence electrons. The summed E-state index contributed by atoms with van der Waals surface area (Å²) >= 11 is 5.92. The molecule has 0 aliphatic heterocycles. The van der Waals surface area contributed by atoms with Gasteiger partial charge in [-0.15, -0.1) is 0 Å². The highest BCUT2D eigenvalue weighted by Gasteiger charge is 2.04. The van der Waals surface area contributed by atoms with Gasteiger partial charge in [0.1, 0.15) is 11.5 Å². The molecule has 0 aliphatic rings. The van der Waals surface area contributed by atoms with Crippen molar-refractivity contribution in [2.24, 2.45) is 5.10 Å². The lowest BCUT2D eigenvalue weighted by molar-refractivity contribution is -0.139. The number of carbonyl (C=O) groups is 2. The van der Waals surface area contributed by atoms with E-state index in [2.05, 4.69) is 10.5 Å². The molecule has 0 saturated carbocycles. The van der Waals surface area contributed by atoms with Gasteiger partial charge in [-0.25, -0.2) is 10.2 Å². The van der Waals surface area contributed by atoms with E-state index in [1.54, 1.807) is 48.5 Å². The van der Waals surface area contributed by atoms with E-state index in [1.165, 1.54) is 6.21 Å². The maximum Gasteiger partial charge on any atom is 0.341 e. The number of rotatable bonds is 8. The average molecular weight is 363 g/mol. The summed E-state index contributed by atoms with van der Waals surface area (Å²) in [6.07, 6.45) is 1.44. The first-order valence-electron chi connectivity index (χ1n) is 7.18. The van der Waals surface area contributed by atoms with Gasteiger partial charge in [0.05, 0.1) is 11.2 Å². The molecule has 1 amide bonds. The molecule has 7 nitrogen and oxygen atoms in total. The molecule has 8 heteroatoms. The van der Waals surface area contributed by atoms with Gasteiger partial charge in [0.15, 0.2) is 13.2 Å². The topological polar surface area (TPSA) is 97.2 Å². The van der Waals surface area contributed by atoms with Gasteiger partial charge in [-0.05, 0) is 42.0 Å². The van der Waals surface area contributed by atoms with E-state index in [1.807, 2.05) is 0 Å². The number of ether oxygens (including phenoxy) is 2. The number of nitrogens with zero attached hydrogens (tertiary/aromatic N) is 1. The van der Waals surface area contributed by atoms with Crippen molar-refractivity contribution < 1.29 is 24.2 Å². The first-order chi connectivity index (χ1) is 12.0. The Morgan fingerprint density at radius 2 is 1.80 bits per heavy atom. The minimum Gasteiger partial charge on any atom is -0.482 e. The third-order valence-electron chi connectivity index (χ3n) is 2.84. The van der Waals surface area contributed by atoms with Crippen molar-refractivity contribution >= 4 is 29.7 Å². The highest BCUT2D eigenvalue weighted by Crippen LogP contribution is 2.22. The summed E-state index contributed by atoms with van der Waals surface area (Å²) in [5, 5.41) is 12.8. The Bertz CT molecular complexity index is 762. The van der Waals surface area contributed by atoms with Crippen LogP contribution in [0.3, 0.4) is 0 Å². The molecular weight excluding hydrogens is 348 g/mol. The van der Waals surface area contributed by atoms with Crippen LogP contribution in [0.15, 0.2) is 53.6 Å². The number of benzene rings is 2. The highest BCUT2D eigenvalue weighted by molar-refractivity contribution is 6.32. The zero-order chi connectivity index (χ0) is 18.1. The number of carboxylic acid groups (broad SMARTS) is 1. The number of halogens is 1. The molecule has 0 spiro atoms. The third kappa shape index (κ3) is 6.52. The molecule has 25 heavy (non-hydrogen) atoms. The van der Waals surface area contributed by atoms with Crippen molar-refractivity contribution in [3.63, 3.8) is 0 Å². The number of carboxylic acids is 1. The lowest BCUT2D eigenvalue weighted by atomic mass is 10.2. The zero-order valence-corrected chi connectivity index (χ0v) is 13.8. The lowest BCUT2D eigenvalue weighted by Gasteiger charge is -2.06. The Morgan fingerprint density at radius 3 is 2.48 bits per heavy atom. The van der Waals surface area contributed by atoms with Crippen molar-refractivity contribution in [2.75, 3.05) is 13.2 Å². The summed E-state index contributed by atoms with van der Waals surface area (Å²) in [5.41, 5.74) is 3.03. The second kappa shape index (κ2) is 9.29. The van der Waals surface area contributed by atoms with Crippen LogP contribution >= 0.6 is 11.6 Å². The number of hydrogen-bond donors (Lipinski definition) is 2. The molecule has 0 saturated heterocycles. The van der Waals surface area contributed by atoms with Crippen molar-refractivity contribution in [2.45, 2.75) is 0 Å². The minimum absolute atomic E-state index is 0.219. The number of nitrogens with one attached hydrogen (secondary N) is 1. The van der Waals surface area contributed by atoms with E-state index in [9.17, 15) is 9.59 Å². The van der Waals surface area contributed by atoms with E-state index in [0.717, 1.165) is 0 Å². The molecule has 0 fully saturated rings. The van der Waals surface area contributed by atoms with Crippen molar-refractivity contribution in [1.29, 1.82) is 0 Å². The molecular formula is C17H15ClN2O5. The van der Waals surface area contributed by atoms with Crippen LogP contribution < -0.4 is 14.9 Å². The van der Waals surface area contributed by atoms with Crippen LogP contribution in [0.5, 0.6) is 11.5 Å². The second-order valence-electron chi connectivity index (χ2n) is 4.76. The van der Waals surface area contributed by atoms with Crippen LogP contribution in [0.2, 0.25) is 5.02 Å². The summed E-state index contributed by atoms with van der Waals surface area (Å²) in [4.78, 5) is 22.1. The van der Waals surface area contributed by atoms with E-state index in [0.29, 0.717) is 22.1 Å². The van der Waals surface area contributed by atoms with Crippen molar-refractivity contribution in [3.05, 3.63) is 59.1 Å². The first kappa shape index (κ1) is 18.3. The number of hydrazone groups is 1. The molecule has 0 aromatic heterocycles. The number of amides is 1. The summed E-state index contributed by atoms with van der Waals surface area (Å²) < 4.78 is 10.3. The van der Waals surface area contributed by atoms with Gasteiger partial charge < -0.3 is 14.6 Å². The van der Waals surface area contributed by atoms with Gasteiger partial charge in [-0.2, -0.15) is 5.10 Å². The highest BCUT2D eigenvalue weighted by atomic mass is 35.5. The van der Waals surface area contributed by atoms with E-state index in [-0.39, 0.29) is 6.61 Å². The number of hydrogen-bond acceptors (Lipinski definition) is 5. The van der Waals surface area contributed by atoms with Crippen LogP contribution in [0, 0.1) is 0 Å². The van der Waals surface area contributed by atoms with Crippen LogP contribution in [-0.2, 0) is 9.59 Å². The number of carbonyl (C=O) groups excluding carboxylic acids is 1. The fourth-order valence-corrected chi connectivity index (χ4v) is 1.90. The second-order valence-corrected chi connectivity index (χ2v) is 5.17. The summed E-state index contributed by atoms with van der Waals surface area (Å²) in [7, 11) is 0. The summed E-state index contributed by atoms with van der Waals surface area (Å²) in [5.74, 6) is -0.637. The molecule has 0 heterocycles. The van der Waals surface area contributed by atoms with Gasteiger partial charge >= 0.3 is 5.97 Å². The molecule has 0 radical (unpaired) electrons. The molecule has 0 aliphatic carbocycles. The fraction of sp³-hybridized carbons (Fsp3) is 0.118. The first-order valence-corrected chi connectivity index (χ1v) is 7.56. The van der Waals surface area contributed by atoms with Gasteiger partial charge in [-0.1, -0.05) is 23.7 Å². The number of aliphatic carboxylic acids is 1.